The smallest absolute Gasteiger partial charge is 0.169 e. The first kappa shape index (κ1) is 15.2. The van der Waals surface area contributed by atoms with E-state index in [9.17, 15) is 4.79 Å². The van der Waals surface area contributed by atoms with Crippen molar-refractivity contribution in [3.63, 3.8) is 0 Å². The molecule has 0 amide bonds. The average molecular weight is 345 g/mol. The Labute approximate surface area is 127 Å². The molecule has 1 aromatic heterocycles. The maximum atomic E-state index is 12.7. The van der Waals surface area contributed by atoms with E-state index in [0.29, 0.717) is 13.0 Å². The summed E-state index contributed by atoms with van der Waals surface area (Å²) in [7, 11) is 0. The Bertz CT molecular complexity index is 433. The molecule has 1 saturated carbocycles. The first-order valence-electron chi connectivity index (χ1n) is 6.96. The molecule has 1 aliphatic rings. The summed E-state index contributed by atoms with van der Waals surface area (Å²) in [6, 6.07) is 2.00. The molecule has 0 atom stereocenters. The number of hydrogen-bond acceptors (Lipinski definition) is 3. The number of rotatable bonds is 5. The summed E-state index contributed by atoms with van der Waals surface area (Å²) in [6.07, 6.45) is 4.44. The minimum atomic E-state index is -0.523. The van der Waals surface area contributed by atoms with Gasteiger partial charge in [0.1, 0.15) is 5.60 Å². The molecular weight excluding hydrogens is 324 g/mol. The van der Waals surface area contributed by atoms with Crippen molar-refractivity contribution in [3.05, 3.63) is 20.8 Å². The van der Waals surface area contributed by atoms with Crippen molar-refractivity contribution in [2.75, 3.05) is 6.61 Å². The fourth-order valence-corrected chi connectivity index (χ4v) is 4.26. The van der Waals surface area contributed by atoms with Gasteiger partial charge in [-0.1, -0.05) is 6.92 Å². The van der Waals surface area contributed by atoms with Crippen LogP contribution >= 0.6 is 27.3 Å². The molecule has 2 rings (SSSR count). The summed E-state index contributed by atoms with van der Waals surface area (Å²) in [4.78, 5) is 13.8. The SMILES string of the molecule is CCOC1(C(=O)Cc2sccc2Br)CCC(C)CC1. The normalized spacial score (nSPS) is 27.4. The van der Waals surface area contributed by atoms with Crippen LogP contribution in [0.5, 0.6) is 0 Å². The number of hydrogen-bond donors (Lipinski definition) is 0. The highest BCUT2D eigenvalue weighted by Crippen LogP contribution is 2.37. The van der Waals surface area contributed by atoms with Crippen molar-refractivity contribution in [3.8, 4) is 0 Å². The highest BCUT2D eigenvalue weighted by Gasteiger charge is 2.41. The molecule has 0 saturated heterocycles. The molecule has 0 N–H and O–H groups in total. The van der Waals surface area contributed by atoms with E-state index < -0.39 is 5.60 Å². The Balaban J connectivity index is 2.10. The van der Waals surface area contributed by atoms with Crippen LogP contribution in [-0.2, 0) is 16.0 Å². The Morgan fingerprint density at radius 3 is 2.74 bits per heavy atom. The van der Waals surface area contributed by atoms with Crippen molar-refractivity contribution in [2.45, 2.75) is 51.6 Å². The Morgan fingerprint density at radius 2 is 2.21 bits per heavy atom. The van der Waals surface area contributed by atoms with E-state index >= 15 is 0 Å². The lowest BCUT2D eigenvalue weighted by Gasteiger charge is -2.37. The molecule has 1 aromatic rings. The number of halogens is 1. The zero-order valence-corrected chi connectivity index (χ0v) is 14.0. The van der Waals surface area contributed by atoms with Crippen molar-refractivity contribution in [1.82, 2.24) is 0 Å². The van der Waals surface area contributed by atoms with Crippen molar-refractivity contribution in [1.29, 1.82) is 0 Å². The van der Waals surface area contributed by atoms with Crippen LogP contribution in [0.3, 0.4) is 0 Å². The summed E-state index contributed by atoms with van der Waals surface area (Å²) < 4.78 is 6.95. The van der Waals surface area contributed by atoms with E-state index in [1.807, 2.05) is 18.4 Å². The third-order valence-corrected chi connectivity index (χ3v) is 5.95. The van der Waals surface area contributed by atoms with Gasteiger partial charge in [0.05, 0.1) is 0 Å². The number of thiophene rings is 1. The molecule has 0 radical (unpaired) electrons. The third-order valence-electron chi connectivity index (χ3n) is 4.02. The molecule has 1 fully saturated rings. The number of carbonyl (C=O) groups is 1. The van der Waals surface area contributed by atoms with Crippen LogP contribution in [0.15, 0.2) is 15.9 Å². The van der Waals surface area contributed by atoms with Crippen molar-refractivity contribution in [2.24, 2.45) is 5.92 Å². The summed E-state index contributed by atoms with van der Waals surface area (Å²) >= 11 is 5.14. The van der Waals surface area contributed by atoms with Gasteiger partial charge in [0, 0.05) is 22.4 Å². The molecule has 0 aliphatic heterocycles. The minimum Gasteiger partial charge on any atom is -0.367 e. The van der Waals surface area contributed by atoms with Crippen LogP contribution in [0, 0.1) is 5.92 Å². The lowest BCUT2D eigenvalue weighted by molar-refractivity contribution is -0.149. The van der Waals surface area contributed by atoms with Gasteiger partial charge in [0.2, 0.25) is 0 Å². The maximum absolute atomic E-state index is 12.7. The van der Waals surface area contributed by atoms with E-state index in [0.717, 1.165) is 41.0 Å². The van der Waals surface area contributed by atoms with Gasteiger partial charge in [-0.3, -0.25) is 4.79 Å². The predicted octanol–water partition coefficient (Wildman–Crippen LogP) is 4.61. The van der Waals surface area contributed by atoms with Crippen LogP contribution in [0.2, 0.25) is 0 Å². The van der Waals surface area contributed by atoms with Crippen molar-refractivity contribution < 1.29 is 9.53 Å². The zero-order valence-electron chi connectivity index (χ0n) is 11.6. The largest absolute Gasteiger partial charge is 0.367 e. The van der Waals surface area contributed by atoms with E-state index in [4.69, 9.17) is 4.74 Å². The topological polar surface area (TPSA) is 26.3 Å². The van der Waals surface area contributed by atoms with Gasteiger partial charge in [-0.25, -0.2) is 0 Å². The van der Waals surface area contributed by atoms with Crippen LogP contribution in [0.1, 0.15) is 44.4 Å². The van der Waals surface area contributed by atoms with Gasteiger partial charge in [-0.05, 0) is 65.9 Å². The minimum absolute atomic E-state index is 0.254. The second-order valence-corrected chi connectivity index (χ2v) is 7.26. The van der Waals surface area contributed by atoms with E-state index in [1.165, 1.54) is 0 Å². The second-order valence-electron chi connectivity index (χ2n) is 5.40. The Morgan fingerprint density at radius 1 is 1.53 bits per heavy atom. The maximum Gasteiger partial charge on any atom is 0.169 e. The molecule has 4 heteroatoms. The van der Waals surface area contributed by atoms with Crippen LogP contribution in [0.25, 0.3) is 0 Å². The first-order chi connectivity index (χ1) is 9.07. The lowest BCUT2D eigenvalue weighted by atomic mass is 9.76. The number of Topliss-reactive ketones (excluding diaryl/α,β-unsaturated/α-hetero) is 1. The summed E-state index contributed by atoms with van der Waals surface area (Å²) in [5.74, 6) is 0.972. The number of ether oxygens (including phenoxy) is 1. The molecule has 1 heterocycles. The highest BCUT2D eigenvalue weighted by molar-refractivity contribution is 9.10. The zero-order chi connectivity index (χ0) is 13.9. The number of ketones is 1. The van der Waals surface area contributed by atoms with Crippen LogP contribution in [0.4, 0.5) is 0 Å². The molecule has 0 unspecified atom stereocenters. The molecule has 0 aromatic carbocycles. The third kappa shape index (κ3) is 3.47. The van der Waals surface area contributed by atoms with E-state index in [2.05, 4.69) is 22.9 Å². The van der Waals surface area contributed by atoms with E-state index in [1.54, 1.807) is 11.3 Å². The monoisotopic (exact) mass is 344 g/mol. The van der Waals surface area contributed by atoms with E-state index in [-0.39, 0.29) is 5.78 Å². The predicted molar refractivity (Wildman–Crippen MR) is 82.7 cm³/mol. The lowest BCUT2D eigenvalue weighted by Crippen LogP contribution is -2.45. The van der Waals surface area contributed by atoms with Gasteiger partial charge in [-0.15, -0.1) is 11.3 Å². The molecule has 0 bridgehead atoms. The highest BCUT2D eigenvalue weighted by atomic mass is 79.9. The van der Waals surface area contributed by atoms with Gasteiger partial charge < -0.3 is 4.74 Å². The van der Waals surface area contributed by atoms with Crippen LogP contribution in [-0.4, -0.2) is 18.0 Å². The molecule has 0 spiro atoms. The molecule has 19 heavy (non-hydrogen) atoms. The Kier molecular flexibility index (Phi) is 5.21. The van der Waals surface area contributed by atoms with Crippen LogP contribution < -0.4 is 0 Å². The molecular formula is C15H21BrO2S. The fraction of sp³-hybridized carbons (Fsp3) is 0.667. The van der Waals surface area contributed by atoms with Crippen molar-refractivity contribution >= 4 is 33.0 Å². The summed E-state index contributed by atoms with van der Waals surface area (Å²) in [5.41, 5.74) is -0.523. The first-order valence-corrected chi connectivity index (χ1v) is 8.64. The molecule has 106 valence electrons. The summed E-state index contributed by atoms with van der Waals surface area (Å²) in [6.45, 7) is 4.86. The Hall–Kier alpha value is -0.190. The number of carbonyl (C=O) groups excluding carboxylic acids is 1. The fourth-order valence-electron chi connectivity index (χ4n) is 2.77. The standard InChI is InChI=1S/C15H21BrO2S/c1-3-18-15(7-4-11(2)5-8-15)14(17)10-13-12(16)6-9-19-13/h6,9,11H,3-5,7-8,10H2,1-2H3. The molecule has 2 nitrogen and oxygen atoms in total. The quantitative estimate of drug-likeness (QED) is 0.779. The van der Waals surface area contributed by atoms with Gasteiger partial charge in [0.15, 0.2) is 5.78 Å². The second kappa shape index (κ2) is 6.51. The average Bonchev–Trinajstić information content (AvgIpc) is 2.78. The van der Waals surface area contributed by atoms with Gasteiger partial charge >= 0.3 is 0 Å². The summed E-state index contributed by atoms with van der Waals surface area (Å²) in [5, 5.41) is 2.02. The van der Waals surface area contributed by atoms with Gasteiger partial charge in [-0.2, -0.15) is 0 Å². The van der Waals surface area contributed by atoms with Gasteiger partial charge in [0.25, 0.3) is 0 Å². The molecule has 1 aliphatic carbocycles.